The van der Waals surface area contributed by atoms with E-state index in [1.165, 1.54) is 4.90 Å². The van der Waals surface area contributed by atoms with Gasteiger partial charge in [0.05, 0.1) is 12.7 Å². The Morgan fingerprint density at radius 3 is 2.67 bits per heavy atom. The molecule has 0 rings (SSSR count). The van der Waals surface area contributed by atoms with E-state index in [4.69, 9.17) is 16.1 Å². The summed E-state index contributed by atoms with van der Waals surface area (Å²) in [5, 5.41) is 16.8. The lowest BCUT2D eigenvalue weighted by Gasteiger charge is -2.19. The zero-order valence-corrected chi connectivity index (χ0v) is 6.86. The van der Waals surface area contributed by atoms with Gasteiger partial charge < -0.3 is 15.7 Å². The van der Waals surface area contributed by atoms with E-state index in [-0.39, 0.29) is 25.5 Å². The minimum absolute atomic E-state index is 0.100. The van der Waals surface area contributed by atoms with Crippen LogP contribution in [0.1, 0.15) is 6.42 Å². The second-order valence-electron chi connectivity index (χ2n) is 2.23. The fraction of sp³-hybridized carbons (Fsp3) is 0.714. The largest absolute Gasteiger partial charge is 0.395 e. The van der Waals surface area contributed by atoms with Crippen molar-refractivity contribution in [1.29, 1.82) is 5.26 Å². The van der Waals surface area contributed by atoms with Crippen LogP contribution in [0.4, 0.5) is 0 Å². The van der Waals surface area contributed by atoms with Gasteiger partial charge in [-0.15, -0.1) is 0 Å². The van der Waals surface area contributed by atoms with E-state index in [2.05, 4.69) is 0 Å². The third-order valence-electron chi connectivity index (χ3n) is 1.35. The zero-order valence-electron chi connectivity index (χ0n) is 6.86. The summed E-state index contributed by atoms with van der Waals surface area (Å²) in [7, 11) is 0. The molecule has 5 nitrogen and oxygen atoms in total. The van der Waals surface area contributed by atoms with Gasteiger partial charge in [0.25, 0.3) is 0 Å². The Kier molecular flexibility index (Phi) is 5.97. The molecule has 0 aliphatic heterocycles. The number of hydrogen-bond acceptors (Lipinski definition) is 4. The summed E-state index contributed by atoms with van der Waals surface area (Å²) < 4.78 is 0. The highest BCUT2D eigenvalue weighted by molar-refractivity contribution is 5.78. The van der Waals surface area contributed by atoms with Crippen molar-refractivity contribution in [1.82, 2.24) is 4.90 Å². The Labute approximate surface area is 71.4 Å². The molecule has 0 aliphatic rings. The maximum absolute atomic E-state index is 11.1. The first-order valence-electron chi connectivity index (χ1n) is 3.72. The molecule has 0 atom stereocenters. The number of nitrogens with two attached hydrogens (primary N) is 1. The van der Waals surface area contributed by atoms with Crippen molar-refractivity contribution >= 4 is 5.91 Å². The molecule has 0 heterocycles. The van der Waals surface area contributed by atoms with Crippen molar-refractivity contribution in [3.63, 3.8) is 0 Å². The van der Waals surface area contributed by atoms with Gasteiger partial charge in [-0.3, -0.25) is 4.79 Å². The topological polar surface area (TPSA) is 90.4 Å². The Morgan fingerprint density at radius 1 is 1.58 bits per heavy atom. The first-order valence-corrected chi connectivity index (χ1v) is 3.72. The van der Waals surface area contributed by atoms with E-state index in [9.17, 15) is 4.79 Å². The molecule has 0 fully saturated rings. The van der Waals surface area contributed by atoms with Crippen LogP contribution >= 0.6 is 0 Å². The van der Waals surface area contributed by atoms with Crippen LogP contribution < -0.4 is 5.73 Å². The van der Waals surface area contributed by atoms with Gasteiger partial charge in [-0.1, -0.05) is 0 Å². The average molecular weight is 171 g/mol. The second kappa shape index (κ2) is 6.58. The van der Waals surface area contributed by atoms with Crippen LogP contribution in [0.2, 0.25) is 0 Å². The molecule has 0 aromatic rings. The number of carbonyl (C=O) groups excluding carboxylic acids is 1. The molecule has 12 heavy (non-hydrogen) atoms. The van der Waals surface area contributed by atoms with Gasteiger partial charge in [0.15, 0.2) is 0 Å². The van der Waals surface area contributed by atoms with Crippen molar-refractivity contribution in [2.75, 3.05) is 26.2 Å². The number of hydrogen-bond donors (Lipinski definition) is 2. The molecule has 0 unspecified atom stereocenters. The number of nitrogens with zero attached hydrogens (tertiary/aromatic N) is 2. The maximum Gasteiger partial charge on any atom is 0.236 e. The van der Waals surface area contributed by atoms with Gasteiger partial charge >= 0.3 is 0 Å². The van der Waals surface area contributed by atoms with Crippen LogP contribution in [0.5, 0.6) is 0 Å². The van der Waals surface area contributed by atoms with Crippen LogP contribution in [0.25, 0.3) is 0 Å². The Hall–Kier alpha value is -1.12. The van der Waals surface area contributed by atoms with Crippen molar-refractivity contribution < 1.29 is 9.90 Å². The standard InChI is InChI=1S/C7H13N3O2/c8-2-1-7(12)10(4-3-9)5-6-11/h11H,1,3-6,9H2. The summed E-state index contributed by atoms with van der Waals surface area (Å²) in [6, 6.07) is 1.75. The molecule has 0 aromatic heterocycles. The number of rotatable bonds is 5. The maximum atomic E-state index is 11.1. The molecule has 3 N–H and O–H groups in total. The van der Waals surface area contributed by atoms with Crippen LogP contribution in [0.3, 0.4) is 0 Å². The molecule has 0 aliphatic carbocycles. The first kappa shape index (κ1) is 10.9. The number of carbonyl (C=O) groups is 1. The summed E-state index contributed by atoms with van der Waals surface area (Å²) in [6.45, 7) is 0.882. The van der Waals surface area contributed by atoms with Gasteiger partial charge in [0, 0.05) is 19.6 Å². The quantitative estimate of drug-likeness (QED) is 0.536. The minimum Gasteiger partial charge on any atom is -0.395 e. The van der Waals surface area contributed by atoms with E-state index in [0.29, 0.717) is 13.1 Å². The molecular weight excluding hydrogens is 158 g/mol. The van der Waals surface area contributed by atoms with Gasteiger partial charge in [-0.05, 0) is 0 Å². The average Bonchev–Trinajstić information content (AvgIpc) is 2.04. The summed E-state index contributed by atoms with van der Waals surface area (Å²) >= 11 is 0. The van der Waals surface area contributed by atoms with E-state index in [0.717, 1.165) is 0 Å². The molecule has 68 valence electrons. The highest BCUT2D eigenvalue weighted by atomic mass is 16.3. The molecule has 0 saturated heterocycles. The lowest BCUT2D eigenvalue weighted by molar-refractivity contribution is -0.130. The highest BCUT2D eigenvalue weighted by Gasteiger charge is 2.10. The second-order valence-corrected chi connectivity index (χ2v) is 2.23. The molecule has 0 spiro atoms. The molecule has 5 heteroatoms. The molecule has 0 radical (unpaired) electrons. The third kappa shape index (κ3) is 3.91. The summed E-state index contributed by atoms with van der Waals surface area (Å²) in [5.41, 5.74) is 5.24. The predicted molar refractivity (Wildman–Crippen MR) is 43.0 cm³/mol. The Bertz CT molecular complexity index is 170. The minimum atomic E-state index is -0.281. The first-order chi connectivity index (χ1) is 5.76. The lowest BCUT2D eigenvalue weighted by Crippen LogP contribution is -2.37. The molecule has 0 saturated carbocycles. The van der Waals surface area contributed by atoms with Crippen LogP contribution in [-0.4, -0.2) is 42.2 Å². The lowest BCUT2D eigenvalue weighted by atomic mass is 10.3. The van der Waals surface area contributed by atoms with Crippen molar-refractivity contribution in [3.05, 3.63) is 0 Å². The monoisotopic (exact) mass is 171 g/mol. The normalized spacial score (nSPS) is 9.08. The van der Waals surface area contributed by atoms with Crippen molar-refractivity contribution in [2.24, 2.45) is 5.73 Å². The number of aliphatic hydroxyl groups excluding tert-OH is 1. The van der Waals surface area contributed by atoms with Gasteiger partial charge in [0.2, 0.25) is 5.91 Å². The highest BCUT2D eigenvalue weighted by Crippen LogP contribution is 1.91. The van der Waals surface area contributed by atoms with Crippen LogP contribution in [0.15, 0.2) is 0 Å². The van der Waals surface area contributed by atoms with E-state index in [1.807, 2.05) is 0 Å². The third-order valence-corrected chi connectivity index (χ3v) is 1.35. The molecule has 0 aromatic carbocycles. The Morgan fingerprint density at radius 2 is 2.25 bits per heavy atom. The smallest absolute Gasteiger partial charge is 0.236 e. The Balaban J connectivity index is 3.92. The number of amides is 1. The summed E-state index contributed by atoms with van der Waals surface area (Å²) in [5.74, 6) is -0.281. The van der Waals surface area contributed by atoms with Gasteiger partial charge in [0.1, 0.15) is 6.42 Å². The van der Waals surface area contributed by atoms with Crippen molar-refractivity contribution in [2.45, 2.75) is 6.42 Å². The van der Waals surface area contributed by atoms with E-state index < -0.39 is 0 Å². The molecular formula is C7H13N3O2. The molecule has 0 bridgehead atoms. The van der Waals surface area contributed by atoms with E-state index >= 15 is 0 Å². The molecule has 1 amide bonds. The van der Waals surface area contributed by atoms with Crippen molar-refractivity contribution in [3.8, 4) is 6.07 Å². The van der Waals surface area contributed by atoms with Gasteiger partial charge in [-0.2, -0.15) is 5.26 Å². The SMILES string of the molecule is N#CCC(=O)N(CCN)CCO. The van der Waals surface area contributed by atoms with Crippen LogP contribution in [0, 0.1) is 11.3 Å². The predicted octanol–water partition coefficient (Wildman–Crippen LogP) is -1.32. The summed E-state index contributed by atoms with van der Waals surface area (Å²) in [4.78, 5) is 12.4. The number of aliphatic hydroxyl groups is 1. The zero-order chi connectivity index (χ0) is 9.40. The summed E-state index contributed by atoms with van der Waals surface area (Å²) in [6.07, 6.45) is -0.153. The van der Waals surface area contributed by atoms with Crippen LogP contribution in [-0.2, 0) is 4.79 Å². The fourth-order valence-corrected chi connectivity index (χ4v) is 0.817. The fourth-order valence-electron chi connectivity index (χ4n) is 0.817. The number of nitriles is 1. The van der Waals surface area contributed by atoms with E-state index in [1.54, 1.807) is 6.07 Å². The van der Waals surface area contributed by atoms with Gasteiger partial charge in [-0.25, -0.2) is 0 Å².